The minimum atomic E-state index is -2.68. The Hall–Kier alpha value is -8.91. The van der Waals surface area contributed by atoms with Crippen molar-refractivity contribution in [2.75, 3.05) is 0 Å². The van der Waals surface area contributed by atoms with Gasteiger partial charge in [0, 0.05) is 0 Å². The van der Waals surface area contributed by atoms with E-state index in [1.807, 2.05) is 0 Å². The zero-order chi connectivity index (χ0) is 70.4. The molecule has 0 aliphatic heterocycles. The Kier molecular flexibility index (Phi) is 23.0. The van der Waals surface area contributed by atoms with E-state index >= 15 is 0 Å². The first-order valence-corrected chi connectivity index (χ1v) is 22.0. The first-order valence-electron chi connectivity index (χ1n) is 21.1. The fourth-order valence-corrected chi connectivity index (χ4v) is 6.60. The molecule has 0 amide bonds. The van der Waals surface area contributed by atoms with Gasteiger partial charge in [-0.3, -0.25) is 0 Å². The van der Waals surface area contributed by atoms with Crippen LogP contribution in [-0.2, 0) is 3.80 Å². The molecule has 0 aliphatic rings. The second-order valence-corrected chi connectivity index (χ2v) is 15.9. The second kappa shape index (κ2) is 28.1. The molecule has 0 fully saturated rings. The van der Waals surface area contributed by atoms with Crippen molar-refractivity contribution in [2.45, 2.75) is 0 Å². The molecule has 0 aliphatic carbocycles. The molecule has 8 rings (SSSR count). The van der Waals surface area contributed by atoms with Crippen molar-refractivity contribution in [3.8, 4) is 44.5 Å². The van der Waals surface area contributed by atoms with Gasteiger partial charge in [0.2, 0.25) is 46.5 Å². The Morgan fingerprint density at radius 3 is 0.198 bits per heavy atom. The number of rotatable bonds is 4. The topological polar surface area (TPSA) is 37.3 Å². The Bertz CT molecular complexity index is 3300. The van der Waals surface area contributed by atoms with Gasteiger partial charge in [-0.25, -0.2) is 176 Å². The molecule has 0 aromatic heterocycles. The summed E-state index contributed by atoms with van der Waals surface area (Å²) in [7, 11) is 0. The number of hydrogen-bond donors (Lipinski definition) is 1. The van der Waals surface area contributed by atoms with Gasteiger partial charge < -0.3 is 0 Å². The van der Waals surface area contributed by atoms with Gasteiger partial charge in [-0.05, 0) is 0 Å². The van der Waals surface area contributed by atoms with Gasteiger partial charge in [-0.2, -0.15) is 0 Å². The van der Waals surface area contributed by atoms with Gasteiger partial charge in [-0.1, -0.05) is 0 Å². The molecule has 1 N–H and O–H groups in total. The molecular weight excluding hydrogens is 1400 g/mol. The summed E-state index contributed by atoms with van der Waals surface area (Å²) in [5.74, 6) is -107. The van der Waals surface area contributed by atoms with E-state index < -0.39 is 293 Å². The van der Waals surface area contributed by atoms with Crippen LogP contribution in [0.5, 0.6) is 0 Å². The van der Waals surface area contributed by atoms with Crippen LogP contribution in [0.25, 0.3) is 44.5 Å². The van der Waals surface area contributed by atoms with Crippen LogP contribution in [0.4, 0.5) is 176 Å². The third kappa shape index (κ3) is 12.8. The molecule has 0 saturated carbocycles. The van der Waals surface area contributed by atoms with Crippen molar-refractivity contribution >= 4 is 15.5 Å². The number of benzene rings is 8. The molecule has 0 atom stereocenters. The SMILES string of the molecule is Fc1c(F)c(F)c(-c2c(F)c(F)c(F)c(F)c2F)c(F)c1F.Fc1c(F)c(F)c(-c2c(F)c(F)c(F)c(F)c2F)c(F)c1F.Fc1c(F)c(F)c(-c2c(F)c(F)c(F)c(F)c2F)c(F)c1F.Fc1c(F)c(F)c(-c2c(F)c(F)c(F)c(F)c2F)c(F)c1F.[O]=[Al][OH]. The molecule has 43 heteroatoms. The predicted octanol–water partition coefficient (Wildman–Crippen LogP) is 17.9. The molecule has 0 unspecified atom stereocenters. The van der Waals surface area contributed by atoms with Crippen LogP contribution < -0.4 is 0 Å². The summed E-state index contributed by atoms with van der Waals surface area (Å²) in [6.07, 6.45) is 0. The van der Waals surface area contributed by atoms with E-state index in [0.717, 1.165) is 0 Å². The van der Waals surface area contributed by atoms with E-state index in [4.69, 9.17) is 7.96 Å². The standard InChI is InChI=1S/4C12F10.Al.H2O.O/c4*13-3-1(4(14)8(18)11(21)7(3)17)2-5(15)9(19)12(22)10(20)6(2)16;;;/h;;;;;1H2;/q;;;;+1;;/p-1. The Balaban J connectivity index is 0.000000255. The molecular formula is C48HAlF40O2. The van der Waals surface area contributed by atoms with Crippen molar-refractivity contribution < 1.29 is 184 Å². The van der Waals surface area contributed by atoms with Crippen molar-refractivity contribution in [1.82, 2.24) is 0 Å². The van der Waals surface area contributed by atoms with Gasteiger partial charge in [0.15, 0.2) is 186 Å². The Morgan fingerprint density at radius 1 is 0.121 bits per heavy atom. The number of hydrogen-bond acceptors (Lipinski definition) is 1. The first-order chi connectivity index (χ1) is 41.8. The molecule has 0 bridgehead atoms. The van der Waals surface area contributed by atoms with Gasteiger partial charge in [0.25, 0.3) is 0 Å². The van der Waals surface area contributed by atoms with E-state index in [1.54, 1.807) is 0 Å². The molecule has 2 nitrogen and oxygen atoms in total. The Morgan fingerprint density at radius 2 is 0.154 bits per heavy atom. The van der Waals surface area contributed by atoms with E-state index in [9.17, 15) is 176 Å². The van der Waals surface area contributed by atoms with Crippen molar-refractivity contribution in [3.63, 3.8) is 0 Å². The monoisotopic (exact) mass is 1400 g/mol. The van der Waals surface area contributed by atoms with Crippen LogP contribution in [0.2, 0.25) is 0 Å². The van der Waals surface area contributed by atoms with Crippen LogP contribution in [0.15, 0.2) is 0 Å². The summed E-state index contributed by atoms with van der Waals surface area (Å²) in [6.45, 7) is 0. The molecule has 8 aromatic carbocycles. The van der Waals surface area contributed by atoms with Gasteiger partial charge >= 0.3 is 23.4 Å². The maximum atomic E-state index is 13.4. The van der Waals surface area contributed by atoms with Crippen LogP contribution in [-0.4, -0.2) is 19.6 Å². The van der Waals surface area contributed by atoms with E-state index in [-0.39, 0.29) is 0 Å². The summed E-state index contributed by atoms with van der Waals surface area (Å²) < 4.78 is 540. The van der Waals surface area contributed by atoms with E-state index in [2.05, 4.69) is 0 Å². The number of halogens is 40. The van der Waals surface area contributed by atoms with E-state index in [1.165, 1.54) is 0 Å². The maximum absolute atomic E-state index is 13.4. The molecule has 91 heavy (non-hydrogen) atoms. The second-order valence-electron chi connectivity index (χ2n) is 15.7. The van der Waals surface area contributed by atoms with Gasteiger partial charge in [0.1, 0.15) is 0 Å². The summed E-state index contributed by atoms with van der Waals surface area (Å²) >= 11 is -1.50. The first kappa shape index (κ1) is 74.6. The van der Waals surface area contributed by atoms with Crippen molar-refractivity contribution in [1.29, 1.82) is 0 Å². The van der Waals surface area contributed by atoms with Crippen molar-refractivity contribution in [3.05, 3.63) is 233 Å². The molecule has 0 saturated heterocycles. The molecule has 0 spiro atoms. The summed E-state index contributed by atoms with van der Waals surface area (Å²) in [4.78, 5) is 0. The zero-order valence-electron chi connectivity index (χ0n) is 40.6. The molecule has 0 heterocycles. The molecule has 488 valence electrons. The van der Waals surface area contributed by atoms with Crippen LogP contribution >= 0.6 is 0 Å². The van der Waals surface area contributed by atoms with Gasteiger partial charge in [0.05, 0.1) is 44.5 Å². The quantitative estimate of drug-likeness (QED) is 0.0825. The summed E-state index contributed by atoms with van der Waals surface area (Å²) in [5, 5.41) is 0. The third-order valence-electron chi connectivity index (χ3n) is 10.7. The van der Waals surface area contributed by atoms with Crippen LogP contribution in [0.1, 0.15) is 0 Å². The average molecular weight is 1400 g/mol. The average Bonchev–Trinajstić information content (AvgIpc) is 0.796. The van der Waals surface area contributed by atoms with Crippen LogP contribution in [0.3, 0.4) is 0 Å². The third-order valence-corrected chi connectivity index (χ3v) is 10.7. The normalized spacial score (nSPS) is 10.9. The van der Waals surface area contributed by atoms with Crippen molar-refractivity contribution in [2.24, 2.45) is 0 Å². The fourth-order valence-electron chi connectivity index (χ4n) is 6.60. The Labute approximate surface area is 475 Å². The molecule has 8 aromatic rings. The minimum absolute atomic E-state index is 1.50. The van der Waals surface area contributed by atoms with Crippen LogP contribution in [0, 0.1) is 233 Å². The summed E-state index contributed by atoms with van der Waals surface area (Å²) in [5.41, 5.74) is -18.1. The predicted molar refractivity (Wildman–Crippen MR) is 214 cm³/mol. The van der Waals surface area contributed by atoms with E-state index in [0.29, 0.717) is 0 Å². The van der Waals surface area contributed by atoms with Gasteiger partial charge in [-0.15, -0.1) is 0 Å². The molecule has 0 radical (unpaired) electrons. The fraction of sp³-hybridized carbons (Fsp3) is 0. The summed E-state index contributed by atoms with van der Waals surface area (Å²) in [6, 6.07) is 0. The zero-order valence-corrected chi connectivity index (χ0v) is 41.7.